The molecule has 1 amide bonds. The minimum atomic E-state index is -3.64. The third-order valence-corrected chi connectivity index (χ3v) is 4.49. The lowest BCUT2D eigenvalue weighted by molar-refractivity contribution is -0.121. The molecular weight excluding hydrogens is 290 g/mol. The van der Waals surface area contributed by atoms with Crippen LogP contribution in [0.3, 0.4) is 0 Å². The van der Waals surface area contributed by atoms with E-state index in [4.69, 9.17) is 5.73 Å². The van der Waals surface area contributed by atoms with Crippen LogP contribution in [0.1, 0.15) is 32.3 Å². The Morgan fingerprint density at radius 1 is 1.33 bits per heavy atom. The SMILES string of the molecule is CCC(C)NC(=O)CCNS(=O)(=O)c1cc(C)cc(N)c1. The van der Waals surface area contributed by atoms with Gasteiger partial charge in [0.2, 0.25) is 15.9 Å². The minimum Gasteiger partial charge on any atom is -0.399 e. The van der Waals surface area contributed by atoms with Gasteiger partial charge in [-0.3, -0.25) is 4.79 Å². The highest BCUT2D eigenvalue weighted by atomic mass is 32.2. The molecule has 4 N–H and O–H groups in total. The molecule has 0 bridgehead atoms. The van der Waals surface area contributed by atoms with Crippen LogP contribution in [0.5, 0.6) is 0 Å². The van der Waals surface area contributed by atoms with Crippen LogP contribution in [0.4, 0.5) is 5.69 Å². The van der Waals surface area contributed by atoms with Crippen LogP contribution in [-0.4, -0.2) is 26.9 Å². The molecule has 21 heavy (non-hydrogen) atoms. The number of nitrogens with one attached hydrogen (secondary N) is 2. The number of nitrogen functional groups attached to an aromatic ring is 1. The van der Waals surface area contributed by atoms with Crippen LogP contribution >= 0.6 is 0 Å². The van der Waals surface area contributed by atoms with E-state index in [0.29, 0.717) is 5.69 Å². The van der Waals surface area contributed by atoms with Crippen molar-refractivity contribution >= 4 is 21.6 Å². The Balaban J connectivity index is 2.59. The molecule has 0 aliphatic heterocycles. The fourth-order valence-corrected chi connectivity index (χ4v) is 2.93. The fraction of sp³-hybridized carbons (Fsp3) is 0.500. The number of rotatable bonds is 7. The van der Waals surface area contributed by atoms with Crippen LogP contribution in [0.2, 0.25) is 0 Å². The first-order valence-corrected chi connectivity index (χ1v) is 8.39. The molecule has 118 valence electrons. The van der Waals surface area contributed by atoms with E-state index >= 15 is 0 Å². The van der Waals surface area contributed by atoms with Gasteiger partial charge in [0.1, 0.15) is 0 Å². The summed E-state index contributed by atoms with van der Waals surface area (Å²) in [6, 6.07) is 4.72. The van der Waals surface area contributed by atoms with E-state index in [9.17, 15) is 13.2 Å². The highest BCUT2D eigenvalue weighted by Gasteiger charge is 2.15. The molecule has 1 unspecified atom stereocenters. The highest BCUT2D eigenvalue weighted by Crippen LogP contribution is 2.15. The van der Waals surface area contributed by atoms with E-state index in [1.54, 1.807) is 13.0 Å². The molecule has 0 aliphatic carbocycles. The van der Waals surface area contributed by atoms with Crippen molar-refractivity contribution < 1.29 is 13.2 Å². The van der Waals surface area contributed by atoms with Crippen molar-refractivity contribution in [2.75, 3.05) is 12.3 Å². The largest absolute Gasteiger partial charge is 0.399 e. The van der Waals surface area contributed by atoms with Crippen molar-refractivity contribution in [3.8, 4) is 0 Å². The molecule has 1 aromatic carbocycles. The average Bonchev–Trinajstić information content (AvgIpc) is 2.37. The Labute approximate surface area is 126 Å². The van der Waals surface area contributed by atoms with Gasteiger partial charge >= 0.3 is 0 Å². The number of nitrogens with two attached hydrogens (primary N) is 1. The van der Waals surface area contributed by atoms with Crippen LogP contribution in [0.15, 0.2) is 23.1 Å². The monoisotopic (exact) mass is 313 g/mol. The van der Waals surface area contributed by atoms with Gasteiger partial charge in [-0.2, -0.15) is 0 Å². The van der Waals surface area contributed by atoms with Gasteiger partial charge in [-0.15, -0.1) is 0 Å². The Morgan fingerprint density at radius 3 is 2.57 bits per heavy atom. The first-order chi connectivity index (χ1) is 9.74. The number of hydrogen-bond acceptors (Lipinski definition) is 4. The lowest BCUT2D eigenvalue weighted by atomic mass is 10.2. The predicted molar refractivity (Wildman–Crippen MR) is 83.3 cm³/mol. The smallest absolute Gasteiger partial charge is 0.240 e. The second-order valence-corrected chi connectivity index (χ2v) is 6.87. The number of carbonyl (C=O) groups excluding carboxylic acids is 1. The van der Waals surface area contributed by atoms with Crippen LogP contribution < -0.4 is 15.8 Å². The zero-order chi connectivity index (χ0) is 16.0. The van der Waals surface area contributed by atoms with Crippen LogP contribution in [0, 0.1) is 6.92 Å². The number of hydrogen-bond donors (Lipinski definition) is 3. The maximum atomic E-state index is 12.1. The second-order valence-electron chi connectivity index (χ2n) is 5.10. The highest BCUT2D eigenvalue weighted by molar-refractivity contribution is 7.89. The molecule has 6 nitrogen and oxygen atoms in total. The number of sulfonamides is 1. The zero-order valence-electron chi connectivity index (χ0n) is 12.6. The maximum absolute atomic E-state index is 12.1. The van der Waals surface area contributed by atoms with Crippen molar-refractivity contribution in [3.63, 3.8) is 0 Å². The summed E-state index contributed by atoms with van der Waals surface area (Å²) in [7, 11) is -3.64. The first-order valence-electron chi connectivity index (χ1n) is 6.90. The molecule has 0 heterocycles. The molecule has 0 aliphatic rings. The molecule has 0 spiro atoms. The van der Waals surface area contributed by atoms with Gasteiger partial charge in [0.25, 0.3) is 0 Å². The van der Waals surface area contributed by atoms with Gasteiger partial charge in [-0.25, -0.2) is 13.1 Å². The van der Waals surface area contributed by atoms with E-state index in [0.717, 1.165) is 12.0 Å². The quantitative estimate of drug-likeness (QED) is 0.657. The molecule has 1 atom stereocenters. The molecule has 0 fully saturated rings. The maximum Gasteiger partial charge on any atom is 0.240 e. The van der Waals surface area contributed by atoms with Gasteiger partial charge in [-0.1, -0.05) is 6.92 Å². The third-order valence-electron chi connectivity index (χ3n) is 3.05. The number of benzene rings is 1. The Hall–Kier alpha value is -1.60. The van der Waals surface area contributed by atoms with E-state index in [1.165, 1.54) is 12.1 Å². The Morgan fingerprint density at radius 2 is 2.00 bits per heavy atom. The fourth-order valence-electron chi connectivity index (χ4n) is 1.76. The molecular formula is C14H23N3O3S. The van der Waals surface area contributed by atoms with Crippen molar-refractivity contribution in [1.29, 1.82) is 0 Å². The predicted octanol–water partition coefficient (Wildman–Crippen LogP) is 1.16. The van der Waals surface area contributed by atoms with Crippen LogP contribution in [-0.2, 0) is 14.8 Å². The summed E-state index contributed by atoms with van der Waals surface area (Å²) in [5.74, 6) is -0.171. The third kappa shape index (κ3) is 5.73. The topological polar surface area (TPSA) is 101 Å². The minimum absolute atomic E-state index is 0.0540. The summed E-state index contributed by atoms with van der Waals surface area (Å²) in [6.07, 6.45) is 0.935. The number of carbonyl (C=O) groups is 1. The molecule has 7 heteroatoms. The number of aryl methyl sites for hydroxylation is 1. The zero-order valence-corrected chi connectivity index (χ0v) is 13.5. The van der Waals surface area contributed by atoms with Crippen molar-refractivity contribution in [1.82, 2.24) is 10.0 Å². The second kappa shape index (κ2) is 7.42. The molecule has 0 aromatic heterocycles. The van der Waals surface area contributed by atoms with E-state index in [-0.39, 0.29) is 29.8 Å². The summed E-state index contributed by atoms with van der Waals surface area (Å²) >= 11 is 0. The number of amides is 1. The standard InChI is InChI=1S/C14H23N3O3S/c1-4-11(3)17-14(18)5-6-16-21(19,20)13-8-10(2)7-12(15)9-13/h7-9,11,16H,4-6,15H2,1-3H3,(H,17,18). The van der Waals surface area contributed by atoms with E-state index < -0.39 is 10.0 Å². The summed E-state index contributed by atoms with van der Waals surface area (Å²) in [5, 5.41) is 2.78. The Kier molecular flexibility index (Phi) is 6.17. The van der Waals surface area contributed by atoms with E-state index in [1.807, 2.05) is 13.8 Å². The van der Waals surface area contributed by atoms with Gasteiger partial charge in [0.05, 0.1) is 4.90 Å². The van der Waals surface area contributed by atoms with Gasteiger partial charge in [-0.05, 0) is 44.0 Å². The Bertz CT molecular complexity index is 579. The first kappa shape index (κ1) is 17.5. The molecule has 0 radical (unpaired) electrons. The molecule has 1 aromatic rings. The van der Waals surface area contributed by atoms with Gasteiger partial charge < -0.3 is 11.1 Å². The lowest BCUT2D eigenvalue weighted by Gasteiger charge is -2.12. The molecule has 1 rings (SSSR count). The number of anilines is 1. The molecule has 0 saturated carbocycles. The van der Waals surface area contributed by atoms with Crippen molar-refractivity contribution in [2.24, 2.45) is 0 Å². The van der Waals surface area contributed by atoms with E-state index in [2.05, 4.69) is 10.0 Å². The summed E-state index contributed by atoms with van der Waals surface area (Å²) in [5.41, 5.74) is 6.81. The average molecular weight is 313 g/mol. The summed E-state index contributed by atoms with van der Waals surface area (Å²) < 4.78 is 26.6. The summed E-state index contributed by atoms with van der Waals surface area (Å²) in [4.78, 5) is 11.7. The lowest BCUT2D eigenvalue weighted by Crippen LogP contribution is -2.35. The normalized spacial score (nSPS) is 12.9. The summed E-state index contributed by atoms with van der Waals surface area (Å²) in [6.45, 7) is 5.70. The van der Waals surface area contributed by atoms with Crippen molar-refractivity contribution in [3.05, 3.63) is 23.8 Å². The van der Waals surface area contributed by atoms with Gasteiger partial charge in [0, 0.05) is 24.7 Å². The van der Waals surface area contributed by atoms with Gasteiger partial charge in [0.15, 0.2) is 0 Å². The molecule has 0 saturated heterocycles. The van der Waals surface area contributed by atoms with Crippen molar-refractivity contribution in [2.45, 2.75) is 44.6 Å². The van der Waals surface area contributed by atoms with Crippen LogP contribution in [0.25, 0.3) is 0 Å².